The molecular formula is C15H23N5O2. The van der Waals surface area contributed by atoms with Gasteiger partial charge in [0.25, 0.3) is 5.91 Å². The number of pyridine rings is 1. The van der Waals surface area contributed by atoms with Gasteiger partial charge in [-0.2, -0.15) is 0 Å². The second-order valence-corrected chi connectivity index (χ2v) is 5.59. The summed E-state index contributed by atoms with van der Waals surface area (Å²) in [6.45, 7) is 0.365. The van der Waals surface area contributed by atoms with Gasteiger partial charge in [-0.25, -0.2) is 0 Å². The molecule has 22 heavy (non-hydrogen) atoms. The van der Waals surface area contributed by atoms with E-state index >= 15 is 0 Å². The summed E-state index contributed by atoms with van der Waals surface area (Å²) in [5.41, 5.74) is 12.0. The molecule has 2 rings (SSSR count). The molecule has 0 aliphatic heterocycles. The minimum Gasteiger partial charge on any atom is -0.398 e. The van der Waals surface area contributed by atoms with E-state index in [9.17, 15) is 9.59 Å². The number of rotatable bonds is 5. The molecule has 120 valence electrons. The summed E-state index contributed by atoms with van der Waals surface area (Å²) < 4.78 is 0. The Labute approximate surface area is 129 Å². The zero-order valence-electron chi connectivity index (χ0n) is 12.5. The molecule has 1 aliphatic rings. The zero-order chi connectivity index (χ0) is 15.9. The fourth-order valence-corrected chi connectivity index (χ4v) is 2.67. The van der Waals surface area contributed by atoms with Gasteiger partial charge in [-0.15, -0.1) is 0 Å². The van der Waals surface area contributed by atoms with E-state index in [1.54, 1.807) is 12.3 Å². The molecule has 0 atom stereocenters. The highest BCUT2D eigenvalue weighted by Gasteiger charge is 2.24. The second kappa shape index (κ2) is 7.74. The third-order valence-corrected chi connectivity index (χ3v) is 3.90. The summed E-state index contributed by atoms with van der Waals surface area (Å²) in [6.07, 6.45) is 6.76. The maximum atomic E-state index is 12.2. The molecule has 1 aromatic rings. The summed E-state index contributed by atoms with van der Waals surface area (Å²) in [7, 11) is 0. The summed E-state index contributed by atoms with van der Waals surface area (Å²) >= 11 is 0. The average molecular weight is 305 g/mol. The number of aromatic nitrogens is 1. The zero-order valence-corrected chi connectivity index (χ0v) is 12.5. The molecule has 0 radical (unpaired) electrons. The number of carbonyl (C=O) groups is 2. The van der Waals surface area contributed by atoms with Gasteiger partial charge in [-0.3, -0.25) is 14.6 Å². The maximum absolute atomic E-state index is 12.2. The number of carbonyl (C=O) groups excluding carboxylic acids is 2. The topological polar surface area (TPSA) is 123 Å². The highest BCUT2D eigenvalue weighted by Crippen LogP contribution is 2.19. The number of amides is 2. The molecule has 7 heteroatoms. The molecule has 0 unspecified atom stereocenters. The van der Waals surface area contributed by atoms with Crippen LogP contribution in [0.4, 0.5) is 5.69 Å². The molecule has 1 saturated carbocycles. The number of anilines is 1. The normalized spacial score (nSPS) is 21.1. The molecule has 0 saturated heterocycles. The molecule has 2 amide bonds. The van der Waals surface area contributed by atoms with Crippen molar-refractivity contribution < 1.29 is 9.59 Å². The number of nitrogens with zero attached hydrogens (tertiary/aromatic N) is 1. The fourth-order valence-electron chi connectivity index (χ4n) is 2.67. The second-order valence-electron chi connectivity index (χ2n) is 5.59. The fraction of sp³-hybridized carbons (Fsp3) is 0.533. The van der Waals surface area contributed by atoms with E-state index in [-0.39, 0.29) is 23.9 Å². The summed E-state index contributed by atoms with van der Waals surface area (Å²) in [6, 6.07) is 1.89. The van der Waals surface area contributed by atoms with Crippen molar-refractivity contribution in [1.29, 1.82) is 0 Å². The van der Waals surface area contributed by atoms with Crippen LogP contribution in [0.3, 0.4) is 0 Å². The minimum absolute atomic E-state index is 0.00174. The first-order valence-corrected chi connectivity index (χ1v) is 7.60. The van der Waals surface area contributed by atoms with Gasteiger partial charge >= 0.3 is 0 Å². The lowest BCUT2D eigenvalue weighted by Crippen LogP contribution is -2.44. The lowest BCUT2D eigenvalue weighted by atomic mass is 9.91. The third-order valence-electron chi connectivity index (χ3n) is 3.90. The van der Waals surface area contributed by atoms with Gasteiger partial charge in [0.2, 0.25) is 5.91 Å². The van der Waals surface area contributed by atoms with Crippen molar-refractivity contribution in [2.24, 2.45) is 5.73 Å². The van der Waals surface area contributed by atoms with Crippen LogP contribution in [-0.2, 0) is 4.79 Å². The number of hydrogen-bond donors (Lipinski definition) is 4. The van der Waals surface area contributed by atoms with Gasteiger partial charge in [0.1, 0.15) is 0 Å². The van der Waals surface area contributed by atoms with E-state index in [0.29, 0.717) is 24.2 Å². The Kier molecular flexibility index (Phi) is 5.71. The maximum Gasteiger partial charge on any atom is 0.255 e. The summed E-state index contributed by atoms with van der Waals surface area (Å²) in [5.74, 6) is -0.195. The Balaban J connectivity index is 1.79. The number of nitrogen functional groups attached to an aromatic ring is 1. The number of nitrogens with two attached hydrogens (primary N) is 2. The minimum atomic E-state index is -0.193. The van der Waals surface area contributed by atoms with Crippen molar-refractivity contribution in [3.63, 3.8) is 0 Å². The molecule has 1 fully saturated rings. The van der Waals surface area contributed by atoms with Gasteiger partial charge in [0.05, 0.1) is 5.56 Å². The smallest absolute Gasteiger partial charge is 0.255 e. The van der Waals surface area contributed by atoms with Gasteiger partial charge in [-0.05, 0) is 31.7 Å². The predicted octanol–water partition coefficient (Wildman–Crippen LogP) is 0.170. The van der Waals surface area contributed by atoms with Crippen molar-refractivity contribution in [1.82, 2.24) is 15.6 Å². The van der Waals surface area contributed by atoms with Crippen LogP contribution in [0.2, 0.25) is 0 Å². The molecule has 1 heterocycles. The Morgan fingerprint density at radius 3 is 2.41 bits per heavy atom. The summed E-state index contributed by atoms with van der Waals surface area (Å²) in [4.78, 5) is 27.6. The van der Waals surface area contributed by atoms with Crippen LogP contribution in [0.15, 0.2) is 18.5 Å². The molecule has 6 N–H and O–H groups in total. The van der Waals surface area contributed by atoms with Crippen molar-refractivity contribution in [2.75, 3.05) is 12.3 Å². The SMILES string of the molecule is NCCC(=O)NC1CCC(NC(=O)c2cnccc2N)CC1. The van der Waals surface area contributed by atoms with E-state index in [0.717, 1.165) is 25.7 Å². The van der Waals surface area contributed by atoms with E-state index in [2.05, 4.69) is 15.6 Å². The third kappa shape index (κ3) is 4.42. The largest absolute Gasteiger partial charge is 0.398 e. The van der Waals surface area contributed by atoms with Crippen LogP contribution in [0, 0.1) is 0 Å². The Bertz CT molecular complexity index is 526. The molecule has 1 aliphatic carbocycles. The van der Waals surface area contributed by atoms with E-state index in [4.69, 9.17) is 11.5 Å². The first-order valence-electron chi connectivity index (χ1n) is 7.60. The Morgan fingerprint density at radius 2 is 1.82 bits per heavy atom. The predicted molar refractivity (Wildman–Crippen MR) is 84.0 cm³/mol. The van der Waals surface area contributed by atoms with Crippen LogP contribution < -0.4 is 22.1 Å². The average Bonchev–Trinajstić information content (AvgIpc) is 2.50. The standard InChI is InChI=1S/C15H23N5O2/c16-7-5-14(21)19-10-1-3-11(4-2-10)20-15(22)12-9-18-8-6-13(12)17/h6,8-11H,1-5,7,16H2,(H2,17,18)(H,19,21)(H,20,22). The first-order chi connectivity index (χ1) is 10.6. The van der Waals surface area contributed by atoms with E-state index in [1.807, 2.05) is 0 Å². The number of nitrogens with one attached hydrogen (secondary N) is 2. The van der Waals surface area contributed by atoms with Crippen molar-refractivity contribution in [3.05, 3.63) is 24.0 Å². The van der Waals surface area contributed by atoms with Crippen LogP contribution in [-0.4, -0.2) is 35.4 Å². The summed E-state index contributed by atoms with van der Waals surface area (Å²) in [5, 5.41) is 5.96. The van der Waals surface area contributed by atoms with E-state index < -0.39 is 0 Å². The van der Waals surface area contributed by atoms with Gasteiger partial charge in [-0.1, -0.05) is 0 Å². The quantitative estimate of drug-likeness (QED) is 0.617. The van der Waals surface area contributed by atoms with Gasteiger partial charge < -0.3 is 22.1 Å². The van der Waals surface area contributed by atoms with Crippen molar-refractivity contribution in [3.8, 4) is 0 Å². The molecule has 1 aromatic heterocycles. The van der Waals surface area contributed by atoms with Crippen LogP contribution in [0.1, 0.15) is 42.5 Å². The van der Waals surface area contributed by atoms with Gasteiger partial charge in [0, 0.05) is 43.1 Å². The monoisotopic (exact) mass is 305 g/mol. The first kappa shape index (κ1) is 16.2. The molecule has 0 spiro atoms. The van der Waals surface area contributed by atoms with E-state index in [1.165, 1.54) is 6.20 Å². The lowest BCUT2D eigenvalue weighted by molar-refractivity contribution is -0.121. The highest BCUT2D eigenvalue weighted by atomic mass is 16.2. The Hall–Kier alpha value is -2.15. The molecule has 0 bridgehead atoms. The van der Waals surface area contributed by atoms with Crippen LogP contribution in [0.5, 0.6) is 0 Å². The number of hydrogen-bond acceptors (Lipinski definition) is 5. The molecule has 7 nitrogen and oxygen atoms in total. The van der Waals surface area contributed by atoms with Crippen molar-refractivity contribution >= 4 is 17.5 Å². The van der Waals surface area contributed by atoms with Gasteiger partial charge in [0.15, 0.2) is 0 Å². The molecule has 0 aromatic carbocycles. The Morgan fingerprint density at radius 1 is 1.18 bits per heavy atom. The van der Waals surface area contributed by atoms with Crippen molar-refractivity contribution in [2.45, 2.75) is 44.2 Å². The lowest BCUT2D eigenvalue weighted by Gasteiger charge is -2.29. The highest BCUT2D eigenvalue weighted by molar-refractivity contribution is 5.98. The molecular weight excluding hydrogens is 282 g/mol. The van der Waals surface area contributed by atoms with Crippen LogP contribution in [0.25, 0.3) is 0 Å². The van der Waals surface area contributed by atoms with Crippen LogP contribution >= 0.6 is 0 Å².